The van der Waals surface area contributed by atoms with Crippen molar-refractivity contribution >= 4 is 35.4 Å². The molecule has 0 saturated carbocycles. The summed E-state index contributed by atoms with van der Waals surface area (Å²) < 4.78 is 0. The van der Waals surface area contributed by atoms with Crippen molar-refractivity contribution in [1.82, 2.24) is 10.2 Å². The maximum atomic E-state index is 12.8. The third-order valence-corrected chi connectivity index (χ3v) is 6.06. The molecule has 2 heterocycles. The zero-order valence-electron chi connectivity index (χ0n) is 16.0. The fourth-order valence-corrected chi connectivity index (χ4v) is 4.35. The van der Waals surface area contributed by atoms with Crippen molar-refractivity contribution in [3.05, 3.63) is 11.6 Å². The number of hydrogen-bond donors (Lipinski definition) is 2. The molecule has 6 nitrogen and oxygen atoms in total. The quantitative estimate of drug-likeness (QED) is 0.293. The summed E-state index contributed by atoms with van der Waals surface area (Å²) in [4.78, 5) is 32.5. The summed E-state index contributed by atoms with van der Waals surface area (Å²) in [5, 5.41) is 2.90. The van der Waals surface area contributed by atoms with Gasteiger partial charge in [0.15, 0.2) is 11.0 Å². The summed E-state index contributed by atoms with van der Waals surface area (Å²) in [6.07, 6.45) is 13.2. The molecule has 2 amide bonds. The second-order valence-corrected chi connectivity index (χ2v) is 8.12. The van der Waals surface area contributed by atoms with Gasteiger partial charge in [0.2, 0.25) is 11.8 Å². The molecular formula is C20H31N4O2S+. The van der Waals surface area contributed by atoms with E-state index < -0.39 is 5.92 Å². The van der Waals surface area contributed by atoms with E-state index in [9.17, 15) is 9.59 Å². The van der Waals surface area contributed by atoms with Crippen LogP contribution < -0.4 is 10.2 Å². The highest BCUT2D eigenvalue weighted by molar-refractivity contribution is 7.80. The third kappa shape index (κ3) is 5.69. The summed E-state index contributed by atoms with van der Waals surface area (Å²) in [7, 11) is 0. The maximum absolute atomic E-state index is 12.8. The summed E-state index contributed by atoms with van der Waals surface area (Å²) in [6.45, 7) is 4.57. The standard InChI is InChI=1S/C20H30N4O2S/c25-18-17(15-21-10-14-23-11-5-2-6-12-23)19(26)24(20(27)22-18)13-9-16-7-3-1-4-8-16/h7,15,17H,1-6,8-14H2,(H,22,25,27)/p+1. The Morgan fingerprint density at radius 1 is 1.22 bits per heavy atom. The van der Waals surface area contributed by atoms with Crippen molar-refractivity contribution in [2.45, 2.75) is 51.4 Å². The lowest BCUT2D eigenvalue weighted by Crippen LogP contribution is -3.13. The number of aliphatic imine (C=N–C) groups is 1. The molecule has 2 fully saturated rings. The minimum atomic E-state index is -0.853. The van der Waals surface area contributed by atoms with Crippen LogP contribution in [0.15, 0.2) is 16.6 Å². The van der Waals surface area contributed by atoms with Crippen molar-refractivity contribution in [1.29, 1.82) is 0 Å². The molecule has 148 valence electrons. The molecule has 3 rings (SSSR count). The molecule has 0 bridgehead atoms. The van der Waals surface area contributed by atoms with Crippen molar-refractivity contribution in [3.63, 3.8) is 0 Å². The van der Waals surface area contributed by atoms with Crippen LogP contribution in [0.25, 0.3) is 0 Å². The van der Waals surface area contributed by atoms with Gasteiger partial charge in [-0.3, -0.25) is 19.5 Å². The molecule has 2 N–H and O–H groups in total. The summed E-state index contributed by atoms with van der Waals surface area (Å²) >= 11 is 5.23. The Morgan fingerprint density at radius 3 is 2.78 bits per heavy atom. The van der Waals surface area contributed by atoms with Gasteiger partial charge in [-0.25, -0.2) is 0 Å². The van der Waals surface area contributed by atoms with Crippen molar-refractivity contribution in [3.8, 4) is 0 Å². The van der Waals surface area contributed by atoms with Crippen molar-refractivity contribution in [2.75, 3.05) is 32.7 Å². The van der Waals surface area contributed by atoms with Crippen LogP contribution in [0, 0.1) is 5.92 Å². The number of thiocarbonyl (C=S) groups is 1. The van der Waals surface area contributed by atoms with Crippen LogP contribution in [-0.2, 0) is 9.59 Å². The first-order valence-corrected chi connectivity index (χ1v) is 10.7. The number of allylic oxidation sites excluding steroid dienone is 1. The summed E-state index contributed by atoms with van der Waals surface area (Å²) in [6, 6.07) is 0. The van der Waals surface area contributed by atoms with Crippen LogP contribution in [0.2, 0.25) is 0 Å². The highest BCUT2D eigenvalue weighted by Gasteiger charge is 2.37. The molecule has 1 atom stereocenters. The SMILES string of the molecule is O=C1NC(=S)N(CCC2=CCCCC2)C(=O)C1C=NCC[NH+]1CCCCC1. The molecule has 1 aliphatic carbocycles. The van der Waals surface area contributed by atoms with Crippen LogP contribution in [0.5, 0.6) is 0 Å². The average Bonchev–Trinajstić information content (AvgIpc) is 2.68. The number of rotatable bonds is 7. The van der Waals surface area contributed by atoms with E-state index >= 15 is 0 Å². The lowest BCUT2D eigenvalue weighted by Gasteiger charge is -2.31. The predicted molar refractivity (Wildman–Crippen MR) is 110 cm³/mol. The number of carbonyl (C=O) groups is 2. The van der Waals surface area contributed by atoms with Gasteiger partial charge in [-0.2, -0.15) is 0 Å². The largest absolute Gasteiger partial charge is 0.333 e. The Labute approximate surface area is 167 Å². The molecule has 0 aromatic rings. The van der Waals surface area contributed by atoms with E-state index in [1.807, 2.05) is 0 Å². The average molecular weight is 392 g/mol. The van der Waals surface area contributed by atoms with Crippen molar-refractivity contribution in [2.24, 2.45) is 10.9 Å². The molecule has 3 aliphatic rings. The van der Waals surface area contributed by atoms with E-state index in [1.54, 1.807) is 9.80 Å². The van der Waals surface area contributed by atoms with Crippen LogP contribution in [0.4, 0.5) is 0 Å². The van der Waals surface area contributed by atoms with Crippen LogP contribution in [-0.4, -0.2) is 60.8 Å². The van der Waals surface area contributed by atoms with Gasteiger partial charge in [-0.05, 0) is 63.6 Å². The number of quaternary nitrogens is 1. The van der Waals surface area contributed by atoms with E-state index in [-0.39, 0.29) is 16.9 Å². The van der Waals surface area contributed by atoms with E-state index in [2.05, 4.69) is 16.4 Å². The number of hydrogen-bond acceptors (Lipinski definition) is 4. The lowest BCUT2D eigenvalue weighted by atomic mass is 9.97. The number of likely N-dealkylation sites (tertiary alicyclic amines) is 1. The first kappa shape index (κ1) is 20.1. The normalized spacial score (nSPS) is 25.0. The monoisotopic (exact) mass is 391 g/mol. The van der Waals surface area contributed by atoms with Crippen molar-refractivity contribution < 1.29 is 14.5 Å². The smallest absolute Gasteiger partial charge is 0.246 e. The fourth-order valence-electron chi connectivity index (χ4n) is 4.07. The maximum Gasteiger partial charge on any atom is 0.246 e. The van der Waals surface area contributed by atoms with E-state index in [0.29, 0.717) is 13.1 Å². The number of piperidine rings is 1. The van der Waals surface area contributed by atoms with Crippen LogP contribution in [0.1, 0.15) is 51.4 Å². The summed E-state index contributed by atoms with van der Waals surface area (Å²) in [5.74, 6) is -1.45. The van der Waals surface area contributed by atoms with Gasteiger partial charge < -0.3 is 10.2 Å². The number of amides is 2. The Morgan fingerprint density at radius 2 is 2.04 bits per heavy atom. The molecule has 0 aromatic carbocycles. The Kier molecular flexibility index (Phi) is 7.52. The zero-order valence-corrected chi connectivity index (χ0v) is 16.9. The fraction of sp³-hybridized carbons (Fsp3) is 0.700. The van der Waals surface area contributed by atoms with Gasteiger partial charge in [0, 0.05) is 12.8 Å². The summed E-state index contributed by atoms with van der Waals surface area (Å²) in [5.41, 5.74) is 1.39. The molecule has 7 heteroatoms. The van der Waals surface area contributed by atoms with Crippen LogP contribution >= 0.6 is 12.2 Å². The van der Waals surface area contributed by atoms with E-state index in [1.165, 1.54) is 57.0 Å². The molecule has 2 aliphatic heterocycles. The topological polar surface area (TPSA) is 66.2 Å². The van der Waals surface area contributed by atoms with Gasteiger partial charge in [0.25, 0.3) is 0 Å². The molecule has 0 spiro atoms. The Balaban J connectivity index is 1.51. The number of nitrogens with zero attached hydrogens (tertiary/aromatic N) is 2. The molecule has 1 unspecified atom stereocenters. The third-order valence-electron chi connectivity index (χ3n) is 5.74. The second kappa shape index (κ2) is 10.1. The predicted octanol–water partition coefficient (Wildman–Crippen LogP) is 0.876. The van der Waals surface area contributed by atoms with Gasteiger partial charge in [0.1, 0.15) is 0 Å². The minimum absolute atomic E-state index is 0.226. The molecule has 0 radical (unpaired) electrons. The highest BCUT2D eigenvalue weighted by atomic mass is 32.1. The number of nitrogens with one attached hydrogen (secondary N) is 2. The van der Waals surface area contributed by atoms with Gasteiger partial charge in [-0.1, -0.05) is 11.6 Å². The molecule has 27 heavy (non-hydrogen) atoms. The lowest BCUT2D eigenvalue weighted by molar-refractivity contribution is -0.903. The second-order valence-electron chi connectivity index (χ2n) is 7.74. The van der Waals surface area contributed by atoms with Crippen LogP contribution in [0.3, 0.4) is 0 Å². The minimum Gasteiger partial charge on any atom is -0.333 e. The van der Waals surface area contributed by atoms with E-state index in [4.69, 9.17) is 12.2 Å². The highest BCUT2D eigenvalue weighted by Crippen LogP contribution is 2.21. The van der Waals surface area contributed by atoms with Gasteiger partial charge in [-0.15, -0.1) is 0 Å². The van der Waals surface area contributed by atoms with E-state index in [0.717, 1.165) is 25.8 Å². The van der Waals surface area contributed by atoms with Gasteiger partial charge in [0.05, 0.1) is 26.2 Å². The molecule has 2 saturated heterocycles. The molecular weight excluding hydrogens is 360 g/mol. The Hall–Kier alpha value is -1.60. The molecule has 0 aromatic heterocycles. The zero-order chi connectivity index (χ0) is 19.1. The number of carbonyl (C=O) groups excluding carboxylic acids is 2. The first-order valence-electron chi connectivity index (χ1n) is 10.3. The Bertz CT molecular complexity index is 625. The first-order chi connectivity index (χ1) is 13.1. The van der Waals surface area contributed by atoms with Gasteiger partial charge >= 0.3 is 0 Å².